The van der Waals surface area contributed by atoms with Crippen LogP contribution in [0.15, 0.2) is 0 Å². The van der Waals surface area contributed by atoms with Gasteiger partial charge in [-0.25, -0.2) is 9.78 Å². The number of aromatic carboxylic acids is 1. The summed E-state index contributed by atoms with van der Waals surface area (Å²) in [4.78, 5) is 15.8. The first kappa shape index (κ1) is 8.65. The van der Waals surface area contributed by atoms with Crippen LogP contribution in [0.4, 0.5) is 0 Å². The van der Waals surface area contributed by atoms with Crippen LogP contribution in [-0.2, 0) is 13.0 Å². The van der Waals surface area contributed by atoms with Gasteiger partial charge in [0, 0.05) is 23.9 Å². The molecule has 4 nitrogen and oxygen atoms in total. The second-order valence-electron chi connectivity index (χ2n) is 3.18. The number of thiazole rings is 1. The predicted molar refractivity (Wildman–Crippen MR) is 49.1 cm³/mol. The maximum Gasteiger partial charge on any atom is 0.365 e. The molecule has 0 saturated carbocycles. The first-order chi connectivity index (χ1) is 6.16. The summed E-state index contributed by atoms with van der Waals surface area (Å²) < 4.78 is 0. The number of aromatic nitrogens is 1. The van der Waals surface area contributed by atoms with E-state index in [1.165, 1.54) is 11.3 Å². The van der Waals surface area contributed by atoms with Crippen molar-refractivity contribution < 1.29 is 9.90 Å². The van der Waals surface area contributed by atoms with E-state index in [1.807, 2.05) is 0 Å². The highest BCUT2D eigenvalue weighted by atomic mass is 32.1. The topological polar surface area (TPSA) is 62.2 Å². The number of fused-ring (bicyclic) bond motifs is 1. The molecule has 1 aromatic heterocycles. The Morgan fingerprint density at radius 3 is 3.23 bits per heavy atom. The van der Waals surface area contributed by atoms with Gasteiger partial charge in [0.25, 0.3) is 0 Å². The molecule has 1 aromatic rings. The summed E-state index contributed by atoms with van der Waals surface area (Å²) in [6.45, 7) is 2.82. The normalized spacial score (nSPS) is 21.2. The van der Waals surface area contributed by atoms with E-state index < -0.39 is 5.97 Å². The molecule has 2 heterocycles. The standard InChI is InChI=1S/C8H10N2O2S/c1-4-2-5-6(3-9-4)13-7(10-5)8(11)12/h4,9H,2-3H2,1H3,(H,11,12)/t4-/m1/s1. The van der Waals surface area contributed by atoms with Crippen molar-refractivity contribution in [1.29, 1.82) is 0 Å². The summed E-state index contributed by atoms with van der Waals surface area (Å²) in [5.74, 6) is -0.924. The van der Waals surface area contributed by atoms with E-state index in [4.69, 9.17) is 5.11 Å². The van der Waals surface area contributed by atoms with Gasteiger partial charge in [-0.2, -0.15) is 0 Å². The van der Waals surface area contributed by atoms with Crippen LogP contribution < -0.4 is 5.32 Å². The van der Waals surface area contributed by atoms with Crippen molar-refractivity contribution in [2.45, 2.75) is 25.9 Å². The fraction of sp³-hybridized carbons (Fsp3) is 0.500. The fourth-order valence-electron chi connectivity index (χ4n) is 1.40. The molecule has 0 aromatic carbocycles. The van der Waals surface area contributed by atoms with E-state index in [-0.39, 0.29) is 5.01 Å². The van der Waals surface area contributed by atoms with Gasteiger partial charge >= 0.3 is 5.97 Å². The van der Waals surface area contributed by atoms with Gasteiger partial charge in [0.2, 0.25) is 5.01 Å². The SMILES string of the molecule is C[C@@H]1Cc2nc(C(=O)O)sc2CN1. The first-order valence-corrected chi connectivity index (χ1v) is 4.93. The third-order valence-corrected chi connectivity index (χ3v) is 3.16. The van der Waals surface area contributed by atoms with E-state index in [0.717, 1.165) is 23.5 Å². The highest BCUT2D eigenvalue weighted by Crippen LogP contribution is 2.23. The van der Waals surface area contributed by atoms with E-state index >= 15 is 0 Å². The molecule has 0 amide bonds. The molecule has 2 N–H and O–H groups in total. The van der Waals surface area contributed by atoms with Gasteiger partial charge in [-0.3, -0.25) is 0 Å². The van der Waals surface area contributed by atoms with Gasteiger partial charge in [0.05, 0.1) is 5.69 Å². The van der Waals surface area contributed by atoms with Crippen molar-refractivity contribution in [3.8, 4) is 0 Å². The van der Waals surface area contributed by atoms with Crippen molar-refractivity contribution in [1.82, 2.24) is 10.3 Å². The number of nitrogens with one attached hydrogen (secondary N) is 1. The molecule has 0 aliphatic carbocycles. The smallest absolute Gasteiger partial charge is 0.365 e. The highest BCUT2D eigenvalue weighted by molar-refractivity contribution is 7.13. The summed E-state index contributed by atoms with van der Waals surface area (Å²) in [5, 5.41) is 12.2. The van der Waals surface area contributed by atoms with Crippen LogP contribution >= 0.6 is 11.3 Å². The van der Waals surface area contributed by atoms with Crippen molar-refractivity contribution >= 4 is 17.3 Å². The Morgan fingerprint density at radius 2 is 2.54 bits per heavy atom. The van der Waals surface area contributed by atoms with Crippen LogP contribution in [0.25, 0.3) is 0 Å². The zero-order valence-electron chi connectivity index (χ0n) is 7.20. The Morgan fingerprint density at radius 1 is 1.77 bits per heavy atom. The monoisotopic (exact) mass is 198 g/mol. The molecular weight excluding hydrogens is 188 g/mol. The minimum Gasteiger partial charge on any atom is -0.476 e. The quantitative estimate of drug-likeness (QED) is 0.703. The van der Waals surface area contributed by atoms with Crippen molar-refractivity contribution in [2.24, 2.45) is 0 Å². The van der Waals surface area contributed by atoms with Gasteiger partial charge in [0.1, 0.15) is 0 Å². The number of carbonyl (C=O) groups is 1. The average molecular weight is 198 g/mol. The van der Waals surface area contributed by atoms with Crippen LogP contribution in [0.3, 0.4) is 0 Å². The summed E-state index contributed by atoms with van der Waals surface area (Å²) in [6, 6.07) is 0.399. The number of carboxylic acids is 1. The molecular formula is C8H10N2O2S. The lowest BCUT2D eigenvalue weighted by Gasteiger charge is -2.18. The van der Waals surface area contributed by atoms with Crippen molar-refractivity contribution in [3.05, 3.63) is 15.6 Å². The Labute approximate surface area is 79.6 Å². The van der Waals surface area contributed by atoms with E-state index in [9.17, 15) is 4.79 Å². The third kappa shape index (κ3) is 1.57. The second-order valence-corrected chi connectivity index (χ2v) is 4.26. The molecule has 70 valence electrons. The van der Waals surface area contributed by atoms with Crippen molar-refractivity contribution in [3.63, 3.8) is 0 Å². The number of hydrogen-bond donors (Lipinski definition) is 2. The molecule has 0 radical (unpaired) electrons. The zero-order chi connectivity index (χ0) is 9.42. The zero-order valence-corrected chi connectivity index (χ0v) is 8.02. The molecule has 0 saturated heterocycles. The summed E-state index contributed by atoms with van der Waals surface area (Å²) in [6.07, 6.45) is 0.832. The molecule has 13 heavy (non-hydrogen) atoms. The molecule has 0 unspecified atom stereocenters. The third-order valence-electron chi connectivity index (χ3n) is 2.07. The Hall–Kier alpha value is -0.940. The largest absolute Gasteiger partial charge is 0.476 e. The first-order valence-electron chi connectivity index (χ1n) is 4.12. The fourth-order valence-corrected chi connectivity index (χ4v) is 2.28. The van der Waals surface area contributed by atoms with Gasteiger partial charge in [-0.15, -0.1) is 11.3 Å². The van der Waals surface area contributed by atoms with Crippen LogP contribution in [-0.4, -0.2) is 22.1 Å². The molecule has 1 atom stereocenters. The number of carboxylic acid groups (broad SMARTS) is 1. The number of rotatable bonds is 1. The maximum atomic E-state index is 10.6. The Balaban J connectivity index is 2.33. The lowest BCUT2D eigenvalue weighted by atomic mass is 10.1. The minimum atomic E-state index is -0.924. The minimum absolute atomic E-state index is 0.209. The number of hydrogen-bond acceptors (Lipinski definition) is 4. The highest BCUT2D eigenvalue weighted by Gasteiger charge is 2.21. The molecule has 1 aliphatic rings. The lowest BCUT2D eigenvalue weighted by molar-refractivity contribution is 0.0696. The van der Waals surface area contributed by atoms with Gasteiger partial charge in [0.15, 0.2) is 0 Å². The van der Waals surface area contributed by atoms with Crippen LogP contribution in [0.2, 0.25) is 0 Å². The van der Waals surface area contributed by atoms with Gasteiger partial charge < -0.3 is 10.4 Å². The summed E-state index contributed by atoms with van der Waals surface area (Å²) in [7, 11) is 0. The predicted octanol–water partition coefficient (Wildman–Crippen LogP) is 0.875. The lowest BCUT2D eigenvalue weighted by Crippen LogP contribution is -2.32. The summed E-state index contributed by atoms with van der Waals surface area (Å²) >= 11 is 1.27. The van der Waals surface area contributed by atoms with Crippen LogP contribution in [0.1, 0.15) is 27.3 Å². The van der Waals surface area contributed by atoms with E-state index in [1.54, 1.807) is 0 Å². The van der Waals surface area contributed by atoms with Crippen molar-refractivity contribution in [2.75, 3.05) is 0 Å². The van der Waals surface area contributed by atoms with Crippen LogP contribution in [0, 0.1) is 0 Å². The van der Waals surface area contributed by atoms with E-state index in [0.29, 0.717) is 6.04 Å². The molecule has 1 aliphatic heterocycles. The van der Waals surface area contributed by atoms with E-state index in [2.05, 4.69) is 17.2 Å². The second kappa shape index (κ2) is 3.08. The maximum absolute atomic E-state index is 10.6. The van der Waals surface area contributed by atoms with Crippen LogP contribution in [0.5, 0.6) is 0 Å². The average Bonchev–Trinajstić information content (AvgIpc) is 2.46. The Kier molecular flexibility index (Phi) is 2.05. The molecule has 0 spiro atoms. The Bertz CT molecular complexity index is 348. The molecule has 5 heteroatoms. The summed E-state index contributed by atoms with van der Waals surface area (Å²) in [5.41, 5.74) is 0.952. The molecule has 0 fully saturated rings. The van der Waals surface area contributed by atoms with Gasteiger partial charge in [-0.1, -0.05) is 0 Å². The van der Waals surface area contributed by atoms with Gasteiger partial charge in [-0.05, 0) is 6.92 Å². The molecule has 0 bridgehead atoms. The molecule has 2 rings (SSSR count). The number of nitrogens with zero attached hydrogens (tertiary/aromatic N) is 1.